The molecule has 1 saturated carbocycles. The zero-order valence-corrected chi connectivity index (χ0v) is 12.0. The van der Waals surface area contributed by atoms with Gasteiger partial charge in [-0.15, -0.1) is 0 Å². The molecule has 6 heteroatoms. The Balaban J connectivity index is 2.16. The molecule has 6 nitrogen and oxygen atoms in total. The van der Waals surface area contributed by atoms with Crippen LogP contribution < -0.4 is 16.6 Å². The van der Waals surface area contributed by atoms with Gasteiger partial charge in [-0.2, -0.15) is 0 Å². The molecule has 1 heterocycles. The van der Waals surface area contributed by atoms with E-state index >= 15 is 0 Å². The van der Waals surface area contributed by atoms with Gasteiger partial charge in [-0.25, -0.2) is 15.8 Å². The Kier molecular flexibility index (Phi) is 4.21. The summed E-state index contributed by atoms with van der Waals surface area (Å²) in [6.07, 6.45) is 2.40. The first kappa shape index (κ1) is 14.0. The minimum absolute atomic E-state index is 0.265. The largest absolute Gasteiger partial charge is 0.381 e. The number of hydrazine groups is 1. The van der Waals surface area contributed by atoms with Crippen molar-refractivity contribution in [2.45, 2.75) is 51.7 Å². The topological polar surface area (TPSA) is 85.1 Å². The van der Waals surface area contributed by atoms with E-state index < -0.39 is 0 Å². The number of nitrogens with two attached hydrogens (primary N) is 1. The van der Waals surface area contributed by atoms with Crippen LogP contribution in [-0.4, -0.2) is 29.2 Å². The Morgan fingerprint density at radius 3 is 2.42 bits per heavy atom. The molecule has 4 N–H and O–H groups in total. The third kappa shape index (κ3) is 2.96. The van der Waals surface area contributed by atoms with Crippen LogP contribution >= 0.6 is 0 Å². The van der Waals surface area contributed by atoms with E-state index in [4.69, 9.17) is 10.6 Å². The predicted octanol–water partition coefficient (Wildman–Crippen LogP) is 1.78. The molecule has 0 spiro atoms. The molecule has 0 saturated heterocycles. The van der Waals surface area contributed by atoms with E-state index in [1.54, 1.807) is 7.11 Å². The zero-order chi connectivity index (χ0) is 14.0. The highest BCUT2D eigenvalue weighted by molar-refractivity contribution is 5.57. The van der Waals surface area contributed by atoms with E-state index in [1.165, 1.54) is 0 Å². The van der Waals surface area contributed by atoms with Gasteiger partial charge in [-0.05, 0) is 19.8 Å². The zero-order valence-electron chi connectivity index (χ0n) is 12.0. The van der Waals surface area contributed by atoms with E-state index in [-0.39, 0.29) is 5.92 Å². The minimum atomic E-state index is 0.265. The Bertz CT molecular complexity index is 443. The van der Waals surface area contributed by atoms with Crippen LogP contribution in [0.1, 0.15) is 44.0 Å². The Hall–Kier alpha value is -1.40. The lowest BCUT2D eigenvalue weighted by molar-refractivity contribution is 0.0327. The molecule has 106 valence electrons. The summed E-state index contributed by atoms with van der Waals surface area (Å²) in [6, 6.07) is 0.421. The van der Waals surface area contributed by atoms with Crippen LogP contribution in [0.4, 0.5) is 11.6 Å². The van der Waals surface area contributed by atoms with Gasteiger partial charge in [0.05, 0.1) is 6.10 Å². The van der Waals surface area contributed by atoms with Crippen molar-refractivity contribution in [3.63, 3.8) is 0 Å². The quantitative estimate of drug-likeness (QED) is 0.556. The normalized spacial score (nSPS) is 22.2. The SMILES string of the molecule is COC1CC(Nc2nc(C(C)C)nc(NN)c2C)C1. The van der Waals surface area contributed by atoms with Crippen molar-refractivity contribution in [3.8, 4) is 0 Å². The van der Waals surface area contributed by atoms with Gasteiger partial charge < -0.3 is 15.5 Å². The Labute approximate surface area is 114 Å². The van der Waals surface area contributed by atoms with Crippen LogP contribution in [0.2, 0.25) is 0 Å². The van der Waals surface area contributed by atoms with E-state index in [9.17, 15) is 0 Å². The number of nitrogens with one attached hydrogen (secondary N) is 2. The Morgan fingerprint density at radius 2 is 1.89 bits per heavy atom. The predicted molar refractivity (Wildman–Crippen MR) is 76.1 cm³/mol. The van der Waals surface area contributed by atoms with Crippen LogP contribution in [0.25, 0.3) is 0 Å². The van der Waals surface area contributed by atoms with Gasteiger partial charge in [-0.3, -0.25) is 0 Å². The first-order valence-electron chi connectivity index (χ1n) is 6.69. The van der Waals surface area contributed by atoms with Crippen molar-refractivity contribution in [1.29, 1.82) is 0 Å². The van der Waals surface area contributed by atoms with Crippen LogP contribution in [0.5, 0.6) is 0 Å². The summed E-state index contributed by atoms with van der Waals surface area (Å²) in [6.45, 7) is 6.10. The number of anilines is 2. The van der Waals surface area contributed by atoms with Crippen LogP contribution in [0.15, 0.2) is 0 Å². The number of aromatic nitrogens is 2. The van der Waals surface area contributed by atoms with Crippen molar-refractivity contribution >= 4 is 11.6 Å². The molecule has 0 bridgehead atoms. The number of nitrogens with zero attached hydrogens (tertiary/aromatic N) is 2. The van der Waals surface area contributed by atoms with Crippen LogP contribution in [0, 0.1) is 6.92 Å². The van der Waals surface area contributed by atoms with Crippen molar-refractivity contribution in [2.75, 3.05) is 17.9 Å². The third-order valence-corrected chi connectivity index (χ3v) is 3.59. The fourth-order valence-corrected chi connectivity index (χ4v) is 2.14. The molecule has 0 aliphatic heterocycles. The summed E-state index contributed by atoms with van der Waals surface area (Å²) >= 11 is 0. The van der Waals surface area contributed by atoms with Crippen molar-refractivity contribution < 1.29 is 4.74 Å². The highest BCUT2D eigenvalue weighted by Gasteiger charge is 2.29. The van der Waals surface area contributed by atoms with Crippen molar-refractivity contribution in [3.05, 3.63) is 11.4 Å². The summed E-state index contributed by atoms with van der Waals surface area (Å²) < 4.78 is 5.29. The number of hydrogen-bond donors (Lipinski definition) is 3. The number of nitrogen functional groups attached to an aromatic ring is 1. The van der Waals surface area contributed by atoms with E-state index in [1.807, 2.05) is 6.92 Å². The second-order valence-corrected chi connectivity index (χ2v) is 5.37. The average molecular weight is 265 g/mol. The third-order valence-electron chi connectivity index (χ3n) is 3.59. The monoisotopic (exact) mass is 265 g/mol. The minimum Gasteiger partial charge on any atom is -0.381 e. The maximum atomic E-state index is 5.52. The van der Waals surface area contributed by atoms with E-state index in [0.717, 1.165) is 30.0 Å². The molecular formula is C13H23N5O. The molecule has 1 aromatic rings. The van der Waals surface area contributed by atoms with Gasteiger partial charge in [-0.1, -0.05) is 13.8 Å². The van der Waals surface area contributed by atoms with E-state index in [2.05, 4.69) is 34.6 Å². The highest BCUT2D eigenvalue weighted by Crippen LogP contribution is 2.29. The lowest BCUT2D eigenvalue weighted by atomic mass is 9.89. The van der Waals surface area contributed by atoms with Gasteiger partial charge in [0.1, 0.15) is 17.5 Å². The fraction of sp³-hybridized carbons (Fsp3) is 0.692. The number of hydrogen-bond acceptors (Lipinski definition) is 6. The number of ether oxygens (including phenoxy) is 1. The van der Waals surface area contributed by atoms with Crippen molar-refractivity contribution in [1.82, 2.24) is 9.97 Å². The fourth-order valence-electron chi connectivity index (χ4n) is 2.14. The second-order valence-electron chi connectivity index (χ2n) is 5.37. The summed E-state index contributed by atoms with van der Waals surface area (Å²) in [5.41, 5.74) is 3.60. The second kappa shape index (κ2) is 5.71. The van der Waals surface area contributed by atoms with Crippen LogP contribution in [-0.2, 0) is 4.74 Å². The standard InChI is InChI=1S/C13H23N5O/c1-7(2)11-16-12(8(3)13(17-11)18-14)15-9-5-10(6-9)19-4/h7,9-10H,5-6,14H2,1-4H3,(H2,15,16,17,18). The maximum Gasteiger partial charge on any atom is 0.148 e. The molecule has 1 aliphatic rings. The Morgan fingerprint density at radius 1 is 1.26 bits per heavy atom. The molecule has 1 fully saturated rings. The van der Waals surface area contributed by atoms with E-state index in [0.29, 0.717) is 18.0 Å². The van der Waals surface area contributed by atoms with Gasteiger partial charge in [0.2, 0.25) is 0 Å². The summed E-state index contributed by atoms with van der Waals surface area (Å²) in [5.74, 6) is 8.13. The van der Waals surface area contributed by atoms with Gasteiger partial charge in [0, 0.05) is 24.6 Å². The first-order chi connectivity index (χ1) is 9.05. The molecule has 1 aliphatic carbocycles. The summed E-state index contributed by atoms with van der Waals surface area (Å²) in [7, 11) is 1.75. The number of rotatable bonds is 5. The lowest BCUT2D eigenvalue weighted by Crippen LogP contribution is -2.40. The maximum absolute atomic E-state index is 5.52. The molecule has 0 radical (unpaired) electrons. The number of methoxy groups -OCH3 is 1. The molecule has 1 aromatic heterocycles. The van der Waals surface area contributed by atoms with Crippen LogP contribution in [0.3, 0.4) is 0 Å². The van der Waals surface area contributed by atoms with Gasteiger partial charge >= 0.3 is 0 Å². The smallest absolute Gasteiger partial charge is 0.148 e. The lowest BCUT2D eigenvalue weighted by Gasteiger charge is -2.35. The molecule has 19 heavy (non-hydrogen) atoms. The molecule has 0 atom stereocenters. The highest BCUT2D eigenvalue weighted by atomic mass is 16.5. The first-order valence-corrected chi connectivity index (χ1v) is 6.69. The van der Waals surface area contributed by atoms with Crippen molar-refractivity contribution in [2.24, 2.45) is 5.84 Å². The molecule has 0 aromatic carbocycles. The van der Waals surface area contributed by atoms with Gasteiger partial charge in [0.25, 0.3) is 0 Å². The molecular weight excluding hydrogens is 242 g/mol. The molecule has 2 rings (SSSR count). The average Bonchev–Trinajstić information content (AvgIpc) is 2.34. The summed E-state index contributed by atoms with van der Waals surface area (Å²) in [5, 5.41) is 3.45. The summed E-state index contributed by atoms with van der Waals surface area (Å²) in [4.78, 5) is 9.02. The molecule has 0 unspecified atom stereocenters. The molecule has 0 amide bonds. The van der Waals surface area contributed by atoms with Gasteiger partial charge in [0.15, 0.2) is 0 Å².